The molecule has 2 aromatic carbocycles. The highest BCUT2D eigenvalue weighted by Crippen LogP contribution is 2.43. The third kappa shape index (κ3) is 4.91. The number of rotatable bonds is 7. The first-order valence-electron chi connectivity index (χ1n) is 12.8. The van der Waals surface area contributed by atoms with Crippen LogP contribution < -0.4 is 0 Å². The summed E-state index contributed by atoms with van der Waals surface area (Å²) in [5, 5.41) is 1.22. The second kappa shape index (κ2) is 10.7. The Bertz CT molecular complexity index is 1120. The minimum atomic E-state index is -0.306. The second-order valence-electron chi connectivity index (χ2n) is 9.57. The van der Waals surface area contributed by atoms with Crippen LogP contribution in [-0.4, -0.2) is 37.6 Å². The second-order valence-corrected chi connectivity index (χ2v) is 9.57. The first-order chi connectivity index (χ1) is 16.7. The van der Waals surface area contributed by atoms with Crippen molar-refractivity contribution in [1.29, 1.82) is 0 Å². The van der Waals surface area contributed by atoms with Crippen LogP contribution >= 0.6 is 0 Å². The van der Waals surface area contributed by atoms with Gasteiger partial charge in [0.15, 0.2) is 6.29 Å². The van der Waals surface area contributed by atoms with Crippen LogP contribution in [0.5, 0.6) is 0 Å². The summed E-state index contributed by atoms with van der Waals surface area (Å²) in [5.74, 6) is 0.223. The van der Waals surface area contributed by atoms with Crippen LogP contribution in [0.25, 0.3) is 22.2 Å². The van der Waals surface area contributed by atoms with Crippen LogP contribution in [0.15, 0.2) is 42.5 Å². The molecule has 1 saturated carbocycles. The number of esters is 1. The SMILES string of the molecule is COC(=O)c1ccc2c(C3CCCCC3)c(-c3ccccc3CCOC3CCCCO3)[nH]c2c1. The number of methoxy groups -OCH3 is 1. The molecule has 1 aliphatic heterocycles. The molecule has 5 heteroatoms. The smallest absolute Gasteiger partial charge is 0.337 e. The predicted octanol–water partition coefficient (Wildman–Crippen LogP) is 6.75. The highest BCUT2D eigenvalue weighted by Gasteiger charge is 2.25. The Kier molecular flexibility index (Phi) is 7.31. The molecule has 34 heavy (non-hydrogen) atoms. The molecule has 0 radical (unpaired) electrons. The average molecular weight is 462 g/mol. The number of aromatic amines is 1. The highest BCUT2D eigenvalue weighted by molar-refractivity contribution is 5.98. The summed E-state index contributed by atoms with van der Waals surface area (Å²) < 4.78 is 16.8. The molecular formula is C29H35NO4. The van der Waals surface area contributed by atoms with E-state index in [-0.39, 0.29) is 12.3 Å². The molecule has 2 aliphatic rings. The van der Waals surface area contributed by atoms with Crippen LogP contribution in [0, 0.1) is 0 Å². The van der Waals surface area contributed by atoms with Crippen molar-refractivity contribution in [2.24, 2.45) is 0 Å². The Morgan fingerprint density at radius 1 is 1.03 bits per heavy atom. The minimum Gasteiger partial charge on any atom is -0.465 e. The van der Waals surface area contributed by atoms with Crippen LogP contribution in [0.2, 0.25) is 0 Å². The number of fused-ring (bicyclic) bond motifs is 1. The summed E-state index contributed by atoms with van der Waals surface area (Å²) in [6.45, 7) is 1.45. The largest absolute Gasteiger partial charge is 0.465 e. The lowest BCUT2D eigenvalue weighted by Crippen LogP contribution is -2.23. The first-order valence-corrected chi connectivity index (χ1v) is 12.8. The molecule has 1 unspecified atom stereocenters. The molecule has 0 amide bonds. The van der Waals surface area contributed by atoms with Gasteiger partial charge >= 0.3 is 5.97 Å². The topological polar surface area (TPSA) is 60.6 Å². The molecule has 2 fully saturated rings. The van der Waals surface area contributed by atoms with E-state index in [0.29, 0.717) is 18.1 Å². The molecule has 0 bridgehead atoms. The molecule has 0 spiro atoms. The van der Waals surface area contributed by atoms with Gasteiger partial charge in [0.1, 0.15) is 0 Å². The minimum absolute atomic E-state index is 0.0662. The molecule has 2 heterocycles. The van der Waals surface area contributed by atoms with Gasteiger partial charge in [-0.05, 0) is 67.7 Å². The van der Waals surface area contributed by atoms with Crippen LogP contribution in [0.3, 0.4) is 0 Å². The van der Waals surface area contributed by atoms with Gasteiger partial charge < -0.3 is 19.2 Å². The monoisotopic (exact) mass is 461 g/mol. The molecule has 5 nitrogen and oxygen atoms in total. The third-order valence-corrected chi connectivity index (χ3v) is 7.37. The number of nitrogens with one attached hydrogen (secondary N) is 1. The lowest BCUT2D eigenvalue weighted by atomic mass is 9.81. The van der Waals surface area contributed by atoms with Crippen LogP contribution in [-0.2, 0) is 20.6 Å². The number of hydrogen-bond donors (Lipinski definition) is 1. The Balaban J connectivity index is 1.50. The fraction of sp³-hybridized carbons (Fsp3) is 0.483. The van der Waals surface area contributed by atoms with Crippen LogP contribution in [0.1, 0.15) is 78.8 Å². The molecule has 1 aliphatic carbocycles. The Morgan fingerprint density at radius 3 is 2.65 bits per heavy atom. The molecule has 1 aromatic heterocycles. The zero-order valence-corrected chi connectivity index (χ0v) is 20.1. The fourth-order valence-corrected chi connectivity index (χ4v) is 5.62. The van der Waals surface area contributed by atoms with Crippen molar-refractivity contribution < 1.29 is 19.0 Å². The zero-order valence-electron chi connectivity index (χ0n) is 20.1. The van der Waals surface area contributed by atoms with E-state index >= 15 is 0 Å². The number of carbonyl (C=O) groups excluding carboxylic acids is 1. The normalized spacial score (nSPS) is 19.4. The van der Waals surface area contributed by atoms with Crippen molar-refractivity contribution in [3.05, 3.63) is 59.2 Å². The standard InChI is InChI=1S/C29H35NO4/c1-32-29(31)22-14-15-24-25(19-22)30-28(27(24)21-10-3-2-4-11-21)23-12-6-5-9-20(23)16-18-34-26-13-7-8-17-33-26/h5-6,9,12,14-15,19,21,26,30H,2-4,7-8,10-11,13,16-18H2,1H3. The van der Waals surface area contributed by atoms with E-state index < -0.39 is 0 Å². The van der Waals surface area contributed by atoms with E-state index in [0.717, 1.165) is 31.4 Å². The van der Waals surface area contributed by atoms with E-state index in [4.69, 9.17) is 14.2 Å². The molecule has 1 N–H and O–H groups in total. The number of carbonyl (C=O) groups is 1. The Morgan fingerprint density at radius 2 is 1.85 bits per heavy atom. The lowest BCUT2D eigenvalue weighted by Gasteiger charge is -2.24. The third-order valence-electron chi connectivity index (χ3n) is 7.37. The van der Waals surface area contributed by atoms with Crippen molar-refractivity contribution in [1.82, 2.24) is 4.98 Å². The quantitative estimate of drug-likeness (QED) is 0.395. The molecule has 1 atom stereocenters. The Labute approximate surface area is 201 Å². The van der Waals surface area contributed by atoms with Crippen molar-refractivity contribution >= 4 is 16.9 Å². The maximum atomic E-state index is 12.2. The van der Waals surface area contributed by atoms with Crippen molar-refractivity contribution in [3.8, 4) is 11.3 Å². The number of benzene rings is 2. The number of ether oxygens (including phenoxy) is 3. The van der Waals surface area contributed by atoms with Crippen molar-refractivity contribution in [3.63, 3.8) is 0 Å². The van der Waals surface area contributed by atoms with Gasteiger partial charge in [0.05, 0.1) is 25.0 Å². The highest BCUT2D eigenvalue weighted by atomic mass is 16.7. The van der Waals surface area contributed by atoms with E-state index in [1.165, 1.54) is 73.4 Å². The summed E-state index contributed by atoms with van der Waals surface area (Å²) in [7, 11) is 1.43. The van der Waals surface area contributed by atoms with Gasteiger partial charge in [-0.25, -0.2) is 4.79 Å². The lowest BCUT2D eigenvalue weighted by molar-refractivity contribution is -0.161. The summed E-state index contributed by atoms with van der Waals surface area (Å²) in [6.07, 6.45) is 10.3. The predicted molar refractivity (Wildman–Crippen MR) is 134 cm³/mol. The maximum absolute atomic E-state index is 12.2. The molecule has 3 aromatic rings. The summed E-state index contributed by atoms with van der Waals surface area (Å²) in [4.78, 5) is 15.9. The summed E-state index contributed by atoms with van der Waals surface area (Å²) in [5.41, 5.74) is 6.66. The molecule has 1 saturated heterocycles. The first kappa shape index (κ1) is 23.1. The van der Waals surface area contributed by atoms with E-state index in [9.17, 15) is 4.79 Å². The number of H-pyrrole nitrogens is 1. The number of hydrogen-bond acceptors (Lipinski definition) is 4. The van der Waals surface area contributed by atoms with Gasteiger partial charge in [0.25, 0.3) is 0 Å². The van der Waals surface area contributed by atoms with E-state index in [1.807, 2.05) is 12.1 Å². The van der Waals surface area contributed by atoms with Crippen LogP contribution in [0.4, 0.5) is 0 Å². The van der Waals surface area contributed by atoms with Crippen molar-refractivity contribution in [2.45, 2.75) is 70.0 Å². The van der Waals surface area contributed by atoms with E-state index in [2.05, 4.69) is 35.3 Å². The average Bonchev–Trinajstić information content (AvgIpc) is 3.28. The molecular weight excluding hydrogens is 426 g/mol. The summed E-state index contributed by atoms with van der Waals surface area (Å²) >= 11 is 0. The Hall–Kier alpha value is -2.63. The zero-order chi connectivity index (χ0) is 23.3. The fourth-order valence-electron chi connectivity index (χ4n) is 5.62. The van der Waals surface area contributed by atoms with Gasteiger partial charge in [-0.1, -0.05) is 49.6 Å². The van der Waals surface area contributed by atoms with Gasteiger partial charge in [-0.15, -0.1) is 0 Å². The molecule has 180 valence electrons. The maximum Gasteiger partial charge on any atom is 0.337 e. The van der Waals surface area contributed by atoms with Gasteiger partial charge in [0.2, 0.25) is 0 Å². The van der Waals surface area contributed by atoms with Gasteiger partial charge in [0, 0.05) is 23.1 Å². The van der Waals surface area contributed by atoms with Gasteiger partial charge in [-0.2, -0.15) is 0 Å². The summed E-state index contributed by atoms with van der Waals surface area (Å²) in [6, 6.07) is 14.6. The van der Waals surface area contributed by atoms with Crippen molar-refractivity contribution in [2.75, 3.05) is 20.3 Å². The van der Waals surface area contributed by atoms with E-state index in [1.54, 1.807) is 0 Å². The van der Waals surface area contributed by atoms with Gasteiger partial charge in [-0.3, -0.25) is 0 Å². The molecule has 5 rings (SSSR count). The number of aromatic nitrogens is 1.